The van der Waals surface area contributed by atoms with Crippen LogP contribution in [-0.4, -0.2) is 11.7 Å². The van der Waals surface area contributed by atoms with Crippen molar-refractivity contribution in [2.75, 3.05) is 11.9 Å². The minimum atomic E-state index is 0.731. The second-order valence-corrected chi connectivity index (χ2v) is 6.23. The number of nitrogens with one attached hydrogen (secondary N) is 2. The van der Waals surface area contributed by atoms with Gasteiger partial charge in [-0.25, -0.2) is 0 Å². The van der Waals surface area contributed by atoms with E-state index in [1.807, 2.05) is 0 Å². The van der Waals surface area contributed by atoms with Crippen molar-refractivity contribution in [3.8, 4) is 0 Å². The molecule has 0 aliphatic heterocycles. The van der Waals surface area contributed by atoms with Gasteiger partial charge in [-0.05, 0) is 49.7 Å². The van der Waals surface area contributed by atoms with Crippen molar-refractivity contribution in [3.05, 3.63) is 29.3 Å². The van der Waals surface area contributed by atoms with Crippen LogP contribution in [-0.2, 0) is 0 Å². The summed E-state index contributed by atoms with van der Waals surface area (Å²) < 4.78 is 0. The number of aryl methyl sites for hydroxylation is 2. The summed E-state index contributed by atoms with van der Waals surface area (Å²) in [6.07, 6.45) is 9.29. The molecule has 1 rings (SSSR count). The van der Waals surface area contributed by atoms with E-state index in [-0.39, 0.29) is 0 Å². The van der Waals surface area contributed by atoms with Gasteiger partial charge in [0.1, 0.15) is 0 Å². The molecule has 3 heteroatoms. The monoisotopic (exact) mass is 306 g/mol. The molecule has 1 aromatic carbocycles. The SMILES string of the molecule is CCCCCCCCCNC(=S)Nc1cc(C)ccc1C. The first-order chi connectivity index (χ1) is 10.1. The Balaban J connectivity index is 2.13. The quantitative estimate of drug-likeness (QED) is 0.475. The van der Waals surface area contributed by atoms with Crippen molar-refractivity contribution in [1.82, 2.24) is 5.32 Å². The van der Waals surface area contributed by atoms with Gasteiger partial charge in [0.05, 0.1) is 0 Å². The fourth-order valence-electron chi connectivity index (χ4n) is 2.32. The first-order valence-electron chi connectivity index (χ1n) is 8.25. The largest absolute Gasteiger partial charge is 0.362 e. The van der Waals surface area contributed by atoms with Crippen LogP contribution in [0.3, 0.4) is 0 Å². The predicted octanol–water partition coefficient (Wildman–Crippen LogP) is 5.34. The van der Waals surface area contributed by atoms with Crippen LogP contribution < -0.4 is 10.6 Å². The predicted molar refractivity (Wildman–Crippen MR) is 98.1 cm³/mol. The number of hydrogen-bond donors (Lipinski definition) is 2. The summed E-state index contributed by atoms with van der Waals surface area (Å²) in [7, 11) is 0. The van der Waals surface area contributed by atoms with E-state index in [2.05, 4.69) is 49.6 Å². The van der Waals surface area contributed by atoms with E-state index in [0.717, 1.165) is 17.3 Å². The van der Waals surface area contributed by atoms with E-state index in [4.69, 9.17) is 12.2 Å². The Hall–Kier alpha value is -1.09. The average molecular weight is 307 g/mol. The highest BCUT2D eigenvalue weighted by atomic mass is 32.1. The molecular formula is C18H30N2S. The van der Waals surface area contributed by atoms with Gasteiger partial charge in [0.25, 0.3) is 0 Å². The van der Waals surface area contributed by atoms with Gasteiger partial charge in [-0.1, -0.05) is 57.6 Å². The number of anilines is 1. The van der Waals surface area contributed by atoms with Crippen LogP contribution in [0.4, 0.5) is 5.69 Å². The number of thiocarbonyl (C=S) groups is 1. The highest BCUT2D eigenvalue weighted by Gasteiger charge is 2.01. The summed E-state index contributed by atoms with van der Waals surface area (Å²) in [5, 5.41) is 7.32. The lowest BCUT2D eigenvalue weighted by molar-refractivity contribution is 0.586. The standard InChI is InChI=1S/C18H30N2S/c1-4-5-6-7-8-9-10-13-19-18(21)20-17-14-15(2)11-12-16(17)3/h11-12,14H,4-10,13H2,1-3H3,(H2,19,20,21). The van der Waals surface area contributed by atoms with Gasteiger partial charge in [0.15, 0.2) is 5.11 Å². The first-order valence-corrected chi connectivity index (χ1v) is 8.66. The molecule has 1 aromatic rings. The summed E-state index contributed by atoms with van der Waals surface area (Å²) in [6, 6.07) is 6.38. The fraction of sp³-hybridized carbons (Fsp3) is 0.611. The molecule has 0 spiro atoms. The molecule has 118 valence electrons. The Kier molecular flexibility index (Phi) is 9.07. The minimum Gasteiger partial charge on any atom is -0.362 e. The highest BCUT2D eigenvalue weighted by molar-refractivity contribution is 7.80. The average Bonchev–Trinajstić information content (AvgIpc) is 2.46. The van der Waals surface area contributed by atoms with Gasteiger partial charge in [0.2, 0.25) is 0 Å². The van der Waals surface area contributed by atoms with Crippen LogP contribution in [0.5, 0.6) is 0 Å². The molecule has 21 heavy (non-hydrogen) atoms. The van der Waals surface area contributed by atoms with Crippen LogP contribution >= 0.6 is 12.2 Å². The van der Waals surface area contributed by atoms with Crippen molar-refractivity contribution in [2.45, 2.75) is 65.7 Å². The van der Waals surface area contributed by atoms with Crippen LogP contribution in [0.15, 0.2) is 18.2 Å². The number of unbranched alkanes of at least 4 members (excludes halogenated alkanes) is 6. The highest BCUT2D eigenvalue weighted by Crippen LogP contribution is 2.16. The third kappa shape index (κ3) is 8.05. The number of hydrogen-bond acceptors (Lipinski definition) is 1. The van der Waals surface area contributed by atoms with E-state index in [1.54, 1.807) is 0 Å². The molecule has 0 unspecified atom stereocenters. The first kappa shape index (κ1) is 18.0. The van der Waals surface area contributed by atoms with E-state index < -0.39 is 0 Å². The maximum atomic E-state index is 5.35. The molecule has 0 heterocycles. The summed E-state index contributed by atoms with van der Waals surface area (Å²) >= 11 is 5.35. The van der Waals surface area contributed by atoms with E-state index >= 15 is 0 Å². The topological polar surface area (TPSA) is 24.1 Å². The maximum absolute atomic E-state index is 5.35. The van der Waals surface area contributed by atoms with Crippen molar-refractivity contribution in [2.24, 2.45) is 0 Å². The molecule has 2 N–H and O–H groups in total. The summed E-state index contributed by atoms with van der Waals surface area (Å²) in [4.78, 5) is 0. The normalized spacial score (nSPS) is 10.4. The molecule has 0 aromatic heterocycles. The smallest absolute Gasteiger partial charge is 0.170 e. The summed E-state index contributed by atoms with van der Waals surface area (Å²) in [5.41, 5.74) is 3.57. The summed E-state index contributed by atoms with van der Waals surface area (Å²) in [6.45, 7) is 7.42. The van der Waals surface area contributed by atoms with Crippen LogP contribution in [0.2, 0.25) is 0 Å². The Morgan fingerprint density at radius 1 is 1.00 bits per heavy atom. The van der Waals surface area contributed by atoms with Crippen LogP contribution in [0.25, 0.3) is 0 Å². The summed E-state index contributed by atoms with van der Waals surface area (Å²) in [5.74, 6) is 0. The van der Waals surface area contributed by atoms with Gasteiger partial charge in [-0.2, -0.15) is 0 Å². The van der Waals surface area contributed by atoms with E-state index in [9.17, 15) is 0 Å². The lowest BCUT2D eigenvalue weighted by Gasteiger charge is -2.13. The third-order valence-electron chi connectivity index (χ3n) is 3.71. The maximum Gasteiger partial charge on any atom is 0.170 e. The molecule has 0 saturated heterocycles. The second kappa shape index (κ2) is 10.6. The molecule has 0 amide bonds. The molecule has 0 saturated carbocycles. The van der Waals surface area contributed by atoms with E-state index in [1.165, 1.54) is 56.1 Å². The van der Waals surface area contributed by atoms with Gasteiger partial charge in [0, 0.05) is 12.2 Å². The molecule has 0 aliphatic rings. The Bertz CT molecular complexity index is 429. The van der Waals surface area contributed by atoms with Crippen molar-refractivity contribution < 1.29 is 0 Å². The third-order valence-corrected chi connectivity index (χ3v) is 3.95. The van der Waals surface area contributed by atoms with Crippen LogP contribution in [0.1, 0.15) is 63.0 Å². The number of rotatable bonds is 9. The van der Waals surface area contributed by atoms with E-state index in [0.29, 0.717) is 0 Å². The van der Waals surface area contributed by atoms with Crippen molar-refractivity contribution in [1.29, 1.82) is 0 Å². The Labute approximate surface area is 135 Å². The molecule has 2 nitrogen and oxygen atoms in total. The lowest BCUT2D eigenvalue weighted by Crippen LogP contribution is -2.29. The van der Waals surface area contributed by atoms with Crippen molar-refractivity contribution in [3.63, 3.8) is 0 Å². The molecule has 0 aliphatic carbocycles. The molecular weight excluding hydrogens is 276 g/mol. The number of benzene rings is 1. The second-order valence-electron chi connectivity index (χ2n) is 5.82. The van der Waals surface area contributed by atoms with Gasteiger partial charge in [-0.15, -0.1) is 0 Å². The molecule has 0 fully saturated rings. The molecule has 0 radical (unpaired) electrons. The van der Waals surface area contributed by atoms with Crippen molar-refractivity contribution >= 4 is 23.0 Å². The van der Waals surface area contributed by atoms with Gasteiger partial charge in [-0.3, -0.25) is 0 Å². The minimum absolute atomic E-state index is 0.731. The van der Waals surface area contributed by atoms with Gasteiger partial charge >= 0.3 is 0 Å². The van der Waals surface area contributed by atoms with Crippen LogP contribution in [0, 0.1) is 13.8 Å². The Morgan fingerprint density at radius 2 is 1.67 bits per heavy atom. The zero-order chi connectivity index (χ0) is 15.5. The zero-order valence-electron chi connectivity index (χ0n) is 13.8. The fourth-order valence-corrected chi connectivity index (χ4v) is 2.53. The molecule has 0 bridgehead atoms. The van der Waals surface area contributed by atoms with Gasteiger partial charge < -0.3 is 10.6 Å². The zero-order valence-corrected chi connectivity index (χ0v) is 14.6. The molecule has 0 atom stereocenters. The lowest BCUT2D eigenvalue weighted by atomic mass is 10.1. The Morgan fingerprint density at radius 3 is 2.38 bits per heavy atom.